The van der Waals surface area contributed by atoms with E-state index in [9.17, 15) is 9.59 Å². The van der Waals surface area contributed by atoms with E-state index in [0.29, 0.717) is 17.1 Å². The first-order valence-electron chi connectivity index (χ1n) is 9.07. The van der Waals surface area contributed by atoms with Crippen molar-refractivity contribution in [3.05, 3.63) is 63.3 Å². The lowest BCUT2D eigenvalue weighted by molar-refractivity contribution is -0.113. The molecule has 0 saturated carbocycles. The Morgan fingerprint density at radius 3 is 2.71 bits per heavy atom. The maximum atomic E-state index is 12.9. The Morgan fingerprint density at radius 1 is 1.36 bits per heavy atom. The maximum Gasteiger partial charge on any atom is 0.263 e. The molecule has 146 valence electrons. The number of fused-ring (bicyclic) bond motifs is 1. The first-order chi connectivity index (χ1) is 13.4. The molecule has 0 bridgehead atoms. The Hall–Kier alpha value is -2.38. The number of thioether (sulfide) groups is 1. The summed E-state index contributed by atoms with van der Waals surface area (Å²) in [5.41, 5.74) is 2.80. The summed E-state index contributed by atoms with van der Waals surface area (Å²) in [7, 11) is 0. The van der Waals surface area contributed by atoms with Gasteiger partial charge in [-0.05, 0) is 37.5 Å². The van der Waals surface area contributed by atoms with E-state index in [-0.39, 0.29) is 17.2 Å². The van der Waals surface area contributed by atoms with Gasteiger partial charge < -0.3 is 5.32 Å². The highest BCUT2D eigenvalue weighted by atomic mass is 32.2. The van der Waals surface area contributed by atoms with Gasteiger partial charge in [-0.3, -0.25) is 14.2 Å². The second-order valence-electron chi connectivity index (χ2n) is 6.49. The molecule has 3 rings (SSSR count). The number of thiophene rings is 1. The minimum Gasteiger partial charge on any atom is -0.325 e. The lowest BCUT2D eigenvalue weighted by atomic mass is 10.1. The largest absolute Gasteiger partial charge is 0.325 e. The Balaban J connectivity index is 1.85. The molecule has 1 amide bonds. The molecule has 1 aromatic carbocycles. The number of para-hydroxylation sites is 1. The number of carbonyl (C=O) groups is 1. The van der Waals surface area contributed by atoms with E-state index in [0.717, 1.165) is 32.9 Å². The van der Waals surface area contributed by atoms with Gasteiger partial charge in [-0.25, -0.2) is 4.98 Å². The molecule has 0 aliphatic carbocycles. The van der Waals surface area contributed by atoms with E-state index in [4.69, 9.17) is 0 Å². The van der Waals surface area contributed by atoms with Crippen molar-refractivity contribution in [1.29, 1.82) is 0 Å². The molecule has 2 aromatic heterocycles. The number of benzene rings is 1. The first-order valence-corrected chi connectivity index (χ1v) is 10.9. The summed E-state index contributed by atoms with van der Waals surface area (Å²) in [5.74, 6) is 0.0526. The molecule has 5 nitrogen and oxygen atoms in total. The van der Waals surface area contributed by atoms with Crippen LogP contribution in [0.2, 0.25) is 0 Å². The van der Waals surface area contributed by atoms with Gasteiger partial charge >= 0.3 is 0 Å². The number of rotatable bonds is 7. The van der Waals surface area contributed by atoms with Gasteiger partial charge in [0.25, 0.3) is 5.56 Å². The predicted octanol–water partition coefficient (Wildman–Crippen LogP) is 4.55. The standard InChI is InChI=1S/C21H23N3O2S2/c1-5-10-24-20(26)16-11-15(6-2)28-19(16)23-21(24)27-12-17(25)22-18-13(3)8-7-9-14(18)4/h5,7-9,11H,1,6,10,12H2,2-4H3,(H,22,25). The number of hydrogen-bond donors (Lipinski definition) is 1. The highest BCUT2D eigenvalue weighted by Crippen LogP contribution is 2.26. The molecule has 0 fully saturated rings. The molecule has 0 saturated heterocycles. The Morgan fingerprint density at radius 2 is 2.07 bits per heavy atom. The van der Waals surface area contributed by atoms with E-state index in [2.05, 4.69) is 23.8 Å². The average Bonchev–Trinajstić information content (AvgIpc) is 3.09. The fraction of sp³-hybridized carbons (Fsp3) is 0.286. The molecule has 0 radical (unpaired) electrons. The van der Waals surface area contributed by atoms with Crippen LogP contribution in [0.15, 0.2) is 46.9 Å². The Labute approximate surface area is 172 Å². The number of carbonyl (C=O) groups excluding carboxylic acids is 1. The van der Waals surface area contributed by atoms with Crippen LogP contribution in [0.4, 0.5) is 5.69 Å². The number of aryl methyl sites for hydroxylation is 3. The third-order valence-electron chi connectivity index (χ3n) is 4.41. The summed E-state index contributed by atoms with van der Waals surface area (Å²) in [4.78, 5) is 31.9. The van der Waals surface area contributed by atoms with Crippen LogP contribution in [-0.2, 0) is 17.8 Å². The zero-order valence-electron chi connectivity index (χ0n) is 16.2. The van der Waals surface area contributed by atoms with Crippen molar-refractivity contribution >= 4 is 44.9 Å². The average molecular weight is 414 g/mol. The molecule has 1 N–H and O–H groups in total. The molecule has 0 atom stereocenters. The van der Waals surface area contributed by atoms with Crippen LogP contribution in [0.25, 0.3) is 10.2 Å². The van der Waals surface area contributed by atoms with Gasteiger partial charge in [0.1, 0.15) is 4.83 Å². The van der Waals surface area contributed by atoms with E-state index in [1.807, 2.05) is 38.1 Å². The Kier molecular flexibility index (Phi) is 6.36. The van der Waals surface area contributed by atoms with E-state index >= 15 is 0 Å². The lowest BCUT2D eigenvalue weighted by Crippen LogP contribution is -2.23. The molecule has 2 heterocycles. The lowest BCUT2D eigenvalue weighted by Gasteiger charge is -2.12. The summed E-state index contributed by atoms with van der Waals surface area (Å²) in [6.07, 6.45) is 2.53. The van der Waals surface area contributed by atoms with Crippen molar-refractivity contribution < 1.29 is 4.79 Å². The third-order valence-corrected chi connectivity index (χ3v) is 6.55. The van der Waals surface area contributed by atoms with Gasteiger partial charge in [0, 0.05) is 17.1 Å². The number of aromatic nitrogens is 2. The molecule has 7 heteroatoms. The van der Waals surface area contributed by atoms with Crippen molar-refractivity contribution in [2.75, 3.05) is 11.1 Å². The maximum absolute atomic E-state index is 12.9. The first kappa shape index (κ1) is 20.4. The quantitative estimate of drug-likeness (QED) is 0.350. The fourth-order valence-corrected chi connectivity index (χ4v) is 4.76. The fourth-order valence-electron chi connectivity index (χ4n) is 2.94. The van der Waals surface area contributed by atoms with Crippen LogP contribution in [-0.4, -0.2) is 21.2 Å². The minimum atomic E-state index is -0.123. The normalized spacial score (nSPS) is 11.0. The van der Waals surface area contributed by atoms with Crippen LogP contribution in [0.1, 0.15) is 22.9 Å². The zero-order chi connectivity index (χ0) is 20.3. The molecule has 0 spiro atoms. The van der Waals surface area contributed by atoms with Gasteiger partial charge in [0.05, 0.1) is 11.1 Å². The van der Waals surface area contributed by atoms with Crippen LogP contribution in [0.3, 0.4) is 0 Å². The summed E-state index contributed by atoms with van der Waals surface area (Å²) in [5, 5.41) is 4.15. The second kappa shape index (κ2) is 8.75. The van der Waals surface area contributed by atoms with Gasteiger partial charge in [0.15, 0.2) is 5.16 Å². The number of hydrogen-bond acceptors (Lipinski definition) is 5. The topological polar surface area (TPSA) is 64.0 Å². The van der Waals surface area contributed by atoms with Gasteiger partial charge in [-0.1, -0.05) is 43.0 Å². The van der Waals surface area contributed by atoms with Crippen molar-refractivity contribution in [2.45, 2.75) is 38.9 Å². The van der Waals surface area contributed by atoms with Crippen LogP contribution < -0.4 is 10.9 Å². The second-order valence-corrected chi connectivity index (χ2v) is 8.55. The summed E-state index contributed by atoms with van der Waals surface area (Å²) < 4.78 is 1.58. The van der Waals surface area contributed by atoms with Crippen molar-refractivity contribution in [3.8, 4) is 0 Å². The predicted molar refractivity (Wildman–Crippen MR) is 119 cm³/mol. The molecule has 0 aliphatic rings. The number of amides is 1. The monoisotopic (exact) mass is 413 g/mol. The van der Waals surface area contributed by atoms with Crippen LogP contribution >= 0.6 is 23.1 Å². The molecule has 28 heavy (non-hydrogen) atoms. The number of anilines is 1. The van der Waals surface area contributed by atoms with Crippen LogP contribution in [0, 0.1) is 13.8 Å². The summed E-state index contributed by atoms with van der Waals surface area (Å²) in [6.45, 7) is 10.1. The Bertz CT molecular complexity index is 1080. The van der Waals surface area contributed by atoms with Gasteiger partial charge in [0.2, 0.25) is 5.91 Å². The van der Waals surface area contributed by atoms with Gasteiger partial charge in [-0.15, -0.1) is 17.9 Å². The van der Waals surface area contributed by atoms with Crippen LogP contribution in [0.5, 0.6) is 0 Å². The zero-order valence-corrected chi connectivity index (χ0v) is 17.9. The van der Waals surface area contributed by atoms with Crippen molar-refractivity contribution in [3.63, 3.8) is 0 Å². The number of allylic oxidation sites excluding steroid dienone is 1. The highest BCUT2D eigenvalue weighted by Gasteiger charge is 2.15. The van der Waals surface area contributed by atoms with Crippen molar-refractivity contribution in [1.82, 2.24) is 9.55 Å². The number of nitrogens with zero attached hydrogens (tertiary/aromatic N) is 2. The van der Waals surface area contributed by atoms with Crippen molar-refractivity contribution in [2.24, 2.45) is 0 Å². The molecule has 0 unspecified atom stereocenters. The SMILES string of the molecule is C=CCn1c(SCC(=O)Nc2c(C)cccc2C)nc2sc(CC)cc2c1=O. The highest BCUT2D eigenvalue weighted by molar-refractivity contribution is 7.99. The van der Waals surface area contributed by atoms with E-state index in [1.54, 1.807) is 10.6 Å². The molecular weight excluding hydrogens is 390 g/mol. The van der Waals surface area contributed by atoms with E-state index in [1.165, 1.54) is 23.1 Å². The van der Waals surface area contributed by atoms with Gasteiger partial charge in [-0.2, -0.15) is 0 Å². The smallest absolute Gasteiger partial charge is 0.263 e. The molecular formula is C21H23N3O2S2. The van der Waals surface area contributed by atoms with E-state index < -0.39 is 0 Å². The molecule has 3 aromatic rings. The molecule has 0 aliphatic heterocycles. The summed E-state index contributed by atoms with van der Waals surface area (Å²) in [6, 6.07) is 7.81. The summed E-state index contributed by atoms with van der Waals surface area (Å²) >= 11 is 2.80. The third kappa shape index (κ3) is 4.20. The number of nitrogens with one attached hydrogen (secondary N) is 1. The minimum absolute atomic E-state index is 0.0847.